The summed E-state index contributed by atoms with van der Waals surface area (Å²) in [6, 6.07) is 19.5. The second-order valence-electron chi connectivity index (χ2n) is 7.14. The van der Waals surface area contributed by atoms with Gasteiger partial charge in [-0.15, -0.1) is 0 Å². The van der Waals surface area contributed by atoms with E-state index in [0.717, 1.165) is 5.56 Å². The van der Waals surface area contributed by atoms with E-state index >= 15 is 0 Å². The van der Waals surface area contributed by atoms with Crippen molar-refractivity contribution in [3.8, 4) is 5.75 Å². The van der Waals surface area contributed by atoms with Gasteiger partial charge in [0.1, 0.15) is 17.4 Å². The van der Waals surface area contributed by atoms with Crippen LogP contribution in [0.2, 0.25) is 0 Å². The van der Waals surface area contributed by atoms with Crippen molar-refractivity contribution in [2.75, 3.05) is 12.4 Å². The maximum atomic E-state index is 13.3. The van der Waals surface area contributed by atoms with Gasteiger partial charge in [-0.1, -0.05) is 36.4 Å². The second-order valence-corrected chi connectivity index (χ2v) is 7.14. The highest BCUT2D eigenvalue weighted by Crippen LogP contribution is 2.24. The van der Waals surface area contributed by atoms with Crippen LogP contribution in [0.5, 0.6) is 5.75 Å². The molecule has 0 radical (unpaired) electrons. The van der Waals surface area contributed by atoms with Crippen LogP contribution in [0.25, 0.3) is 10.9 Å². The number of aromatic amines is 1. The van der Waals surface area contributed by atoms with E-state index in [0.29, 0.717) is 28.2 Å². The Morgan fingerprint density at radius 2 is 1.75 bits per heavy atom. The Labute approximate surface area is 183 Å². The van der Waals surface area contributed by atoms with E-state index in [9.17, 15) is 14.0 Å². The molecular formula is C24H21FN4O3. The van der Waals surface area contributed by atoms with Gasteiger partial charge in [-0.3, -0.25) is 4.79 Å². The largest absolute Gasteiger partial charge is 0.495 e. The number of hydrogen-bond acceptors (Lipinski definition) is 4. The van der Waals surface area contributed by atoms with Crippen molar-refractivity contribution < 1.29 is 13.9 Å². The Balaban J connectivity index is 1.64. The number of nitrogens with one attached hydrogen (secondary N) is 2. The summed E-state index contributed by atoms with van der Waals surface area (Å²) in [6.07, 6.45) is 0. The normalized spacial score (nSPS) is 10.7. The van der Waals surface area contributed by atoms with E-state index in [1.807, 2.05) is 0 Å². The van der Waals surface area contributed by atoms with Crippen LogP contribution in [0.1, 0.15) is 11.4 Å². The molecular weight excluding hydrogens is 411 g/mol. The number of H-pyrrole nitrogens is 1. The van der Waals surface area contributed by atoms with Gasteiger partial charge in [0.15, 0.2) is 0 Å². The molecule has 1 heterocycles. The molecule has 0 spiro atoms. The van der Waals surface area contributed by atoms with Gasteiger partial charge in [0, 0.05) is 6.54 Å². The topological polar surface area (TPSA) is 87.3 Å². The monoisotopic (exact) mass is 432 g/mol. The van der Waals surface area contributed by atoms with Crippen LogP contribution in [0.4, 0.5) is 14.9 Å². The molecule has 0 unspecified atom stereocenters. The lowest BCUT2D eigenvalue weighted by Crippen LogP contribution is -2.35. The minimum absolute atomic E-state index is 0.0401. The molecule has 0 bridgehead atoms. The van der Waals surface area contributed by atoms with Crippen LogP contribution in [0.3, 0.4) is 0 Å². The minimum Gasteiger partial charge on any atom is -0.495 e. The van der Waals surface area contributed by atoms with Crippen molar-refractivity contribution in [2.45, 2.75) is 13.1 Å². The molecule has 32 heavy (non-hydrogen) atoms. The van der Waals surface area contributed by atoms with Crippen molar-refractivity contribution in [1.29, 1.82) is 0 Å². The SMILES string of the molecule is COc1ccccc1NC(=O)N(Cc1ccc(F)cc1)Cc1nc2ccccc2c(=O)[nH]1. The van der Waals surface area contributed by atoms with E-state index < -0.39 is 6.03 Å². The number of ether oxygens (including phenoxy) is 1. The molecule has 4 rings (SSSR count). The summed E-state index contributed by atoms with van der Waals surface area (Å²) >= 11 is 0. The van der Waals surface area contributed by atoms with Crippen LogP contribution < -0.4 is 15.6 Å². The van der Waals surface area contributed by atoms with Crippen LogP contribution in [-0.4, -0.2) is 28.0 Å². The lowest BCUT2D eigenvalue weighted by Gasteiger charge is -2.23. The van der Waals surface area contributed by atoms with Crippen LogP contribution in [0, 0.1) is 5.82 Å². The van der Waals surface area contributed by atoms with Gasteiger partial charge in [0.2, 0.25) is 0 Å². The first-order valence-corrected chi connectivity index (χ1v) is 9.95. The number of urea groups is 1. The number of fused-ring (bicyclic) bond motifs is 1. The number of amides is 2. The van der Waals surface area contributed by atoms with E-state index in [-0.39, 0.29) is 24.5 Å². The van der Waals surface area contributed by atoms with E-state index in [1.165, 1.54) is 24.1 Å². The summed E-state index contributed by atoms with van der Waals surface area (Å²) in [6.45, 7) is 0.218. The number of methoxy groups -OCH3 is 1. The highest BCUT2D eigenvalue weighted by molar-refractivity contribution is 5.91. The van der Waals surface area contributed by atoms with Gasteiger partial charge in [-0.25, -0.2) is 14.2 Å². The van der Waals surface area contributed by atoms with Gasteiger partial charge in [0.05, 0.1) is 30.2 Å². The molecule has 162 valence electrons. The number of rotatable bonds is 6. The molecule has 3 aromatic carbocycles. The first-order chi connectivity index (χ1) is 15.5. The molecule has 1 aromatic heterocycles. The molecule has 8 heteroatoms. The lowest BCUT2D eigenvalue weighted by atomic mass is 10.2. The summed E-state index contributed by atoms with van der Waals surface area (Å²) in [5.41, 5.74) is 1.49. The number of halogens is 1. The summed E-state index contributed by atoms with van der Waals surface area (Å²) in [5, 5.41) is 3.31. The first-order valence-electron chi connectivity index (χ1n) is 9.95. The fourth-order valence-electron chi connectivity index (χ4n) is 3.34. The van der Waals surface area contributed by atoms with Gasteiger partial charge >= 0.3 is 6.03 Å². The van der Waals surface area contributed by atoms with Gasteiger partial charge in [-0.05, 0) is 42.0 Å². The molecule has 0 aliphatic heterocycles. The third-order valence-corrected chi connectivity index (χ3v) is 4.93. The van der Waals surface area contributed by atoms with E-state index in [4.69, 9.17) is 4.74 Å². The second kappa shape index (κ2) is 9.30. The smallest absolute Gasteiger partial charge is 0.322 e. The Kier molecular flexibility index (Phi) is 6.12. The maximum Gasteiger partial charge on any atom is 0.322 e. The molecule has 7 nitrogen and oxygen atoms in total. The van der Waals surface area contributed by atoms with Crippen molar-refractivity contribution >= 4 is 22.6 Å². The summed E-state index contributed by atoms with van der Waals surface area (Å²) in [7, 11) is 1.52. The molecule has 0 atom stereocenters. The van der Waals surface area contributed by atoms with Gasteiger partial charge in [0.25, 0.3) is 5.56 Å². The number of benzene rings is 3. The molecule has 0 aliphatic carbocycles. The van der Waals surface area contributed by atoms with Crippen molar-refractivity contribution in [1.82, 2.24) is 14.9 Å². The maximum absolute atomic E-state index is 13.3. The Hall–Kier alpha value is -4.20. The number of para-hydroxylation sites is 3. The highest BCUT2D eigenvalue weighted by atomic mass is 19.1. The average Bonchev–Trinajstić information content (AvgIpc) is 2.80. The highest BCUT2D eigenvalue weighted by Gasteiger charge is 2.18. The Morgan fingerprint density at radius 1 is 1.03 bits per heavy atom. The zero-order valence-corrected chi connectivity index (χ0v) is 17.3. The van der Waals surface area contributed by atoms with Gasteiger partial charge in [-0.2, -0.15) is 0 Å². The van der Waals surface area contributed by atoms with Crippen molar-refractivity contribution in [2.24, 2.45) is 0 Å². The Morgan fingerprint density at radius 3 is 2.53 bits per heavy atom. The molecule has 0 aliphatic rings. The number of nitrogens with zero attached hydrogens (tertiary/aromatic N) is 2. The standard InChI is InChI=1S/C24H21FN4O3/c1-32-21-9-5-4-8-20(21)27-24(31)29(14-16-10-12-17(25)13-11-16)15-22-26-19-7-3-2-6-18(19)23(30)28-22/h2-13H,14-15H2,1H3,(H,27,31)(H,26,28,30). The van der Waals surface area contributed by atoms with Crippen molar-refractivity contribution in [3.05, 3.63) is 100 Å². The third-order valence-electron chi connectivity index (χ3n) is 4.93. The predicted molar refractivity (Wildman–Crippen MR) is 120 cm³/mol. The van der Waals surface area contributed by atoms with Crippen LogP contribution >= 0.6 is 0 Å². The summed E-state index contributed by atoms with van der Waals surface area (Å²) in [4.78, 5) is 34.3. The average molecular weight is 432 g/mol. The summed E-state index contributed by atoms with van der Waals surface area (Å²) < 4.78 is 18.6. The number of hydrogen-bond donors (Lipinski definition) is 2. The zero-order chi connectivity index (χ0) is 22.5. The van der Waals surface area contributed by atoms with Crippen molar-refractivity contribution in [3.63, 3.8) is 0 Å². The molecule has 4 aromatic rings. The number of carbonyl (C=O) groups excluding carboxylic acids is 1. The number of anilines is 1. The van der Waals surface area contributed by atoms with Crippen LogP contribution in [0.15, 0.2) is 77.6 Å². The van der Waals surface area contributed by atoms with E-state index in [1.54, 1.807) is 60.7 Å². The fourth-order valence-corrected chi connectivity index (χ4v) is 3.34. The minimum atomic E-state index is -0.422. The van der Waals surface area contributed by atoms with E-state index in [2.05, 4.69) is 15.3 Å². The third kappa shape index (κ3) is 4.75. The predicted octanol–water partition coefficient (Wildman–Crippen LogP) is 4.31. The quantitative estimate of drug-likeness (QED) is 0.475. The van der Waals surface area contributed by atoms with Crippen LogP contribution in [-0.2, 0) is 13.1 Å². The number of carbonyl (C=O) groups is 1. The molecule has 2 N–H and O–H groups in total. The van der Waals surface area contributed by atoms with Gasteiger partial charge < -0.3 is 19.9 Å². The lowest BCUT2D eigenvalue weighted by molar-refractivity contribution is 0.204. The molecule has 0 saturated carbocycles. The number of aromatic nitrogens is 2. The first kappa shape index (κ1) is 21.0. The molecule has 2 amide bonds. The Bertz CT molecular complexity index is 1300. The molecule has 0 saturated heterocycles. The molecule has 0 fully saturated rings. The fraction of sp³-hybridized carbons (Fsp3) is 0.125. The summed E-state index contributed by atoms with van der Waals surface area (Å²) in [5.74, 6) is 0.491. The zero-order valence-electron chi connectivity index (χ0n) is 17.3.